The number of hydrogen-bond donors (Lipinski definition) is 1. The van der Waals surface area contributed by atoms with Gasteiger partial charge in [-0.2, -0.15) is 5.10 Å². The molecule has 2 aromatic heterocycles. The number of nitrogens with zero attached hydrogens (tertiary/aromatic N) is 4. The number of pyridine rings is 1. The lowest BCUT2D eigenvalue weighted by molar-refractivity contribution is 0.0703. The molecule has 1 aliphatic heterocycles. The van der Waals surface area contributed by atoms with Crippen LogP contribution in [0, 0.1) is 0 Å². The Kier molecular flexibility index (Phi) is 3.47. The van der Waals surface area contributed by atoms with Gasteiger partial charge in [-0.3, -0.25) is 9.78 Å². The Labute approximate surface area is 117 Å². The lowest BCUT2D eigenvalue weighted by Gasteiger charge is -2.30. The van der Waals surface area contributed by atoms with Crippen molar-refractivity contribution in [3.8, 4) is 5.69 Å². The number of piperidine rings is 1. The molecule has 1 aliphatic rings. The number of carbonyl (C=O) groups excluding carboxylic acids is 1. The van der Waals surface area contributed by atoms with Gasteiger partial charge >= 0.3 is 0 Å². The highest BCUT2D eigenvalue weighted by molar-refractivity contribution is 5.92. The summed E-state index contributed by atoms with van der Waals surface area (Å²) >= 11 is 0. The van der Waals surface area contributed by atoms with Gasteiger partial charge < -0.3 is 10.6 Å². The second-order valence-electron chi connectivity index (χ2n) is 5.00. The van der Waals surface area contributed by atoms with Gasteiger partial charge in [0.05, 0.1) is 5.69 Å². The third-order valence-corrected chi connectivity index (χ3v) is 3.48. The Hall–Kier alpha value is -2.21. The van der Waals surface area contributed by atoms with E-state index in [0.717, 1.165) is 25.1 Å². The van der Waals surface area contributed by atoms with Crippen LogP contribution in [0.2, 0.25) is 0 Å². The molecule has 0 aliphatic carbocycles. The van der Waals surface area contributed by atoms with Crippen molar-refractivity contribution >= 4 is 5.91 Å². The van der Waals surface area contributed by atoms with Gasteiger partial charge in [0, 0.05) is 37.7 Å². The van der Waals surface area contributed by atoms with Crippen LogP contribution >= 0.6 is 0 Å². The summed E-state index contributed by atoms with van der Waals surface area (Å²) in [6.45, 7) is 1.35. The monoisotopic (exact) mass is 271 g/mol. The second-order valence-corrected chi connectivity index (χ2v) is 5.00. The molecule has 1 fully saturated rings. The first kappa shape index (κ1) is 12.8. The molecule has 0 bridgehead atoms. The molecule has 0 radical (unpaired) electrons. The molecule has 0 aromatic carbocycles. The topological polar surface area (TPSA) is 77.0 Å². The molecule has 3 heterocycles. The lowest BCUT2D eigenvalue weighted by atomic mass is 10.1. The first-order valence-corrected chi connectivity index (χ1v) is 6.75. The molecule has 104 valence electrons. The van der Waals surface area contributed by atoms with Crippen molar-refractivity contribution in [1.29, 1.82) is 0 Å². The van der Waals surface area contributed by atoms with Gasteiger partial charge in [0.1, 0.15) is 5.69 Å². The van der Waals surface area contributed by atoms with Crippen LogP contribution in [0.4, 0.5) is 0 Å². The number of amides is 1. The Morgan fingerprint density at radius 3 is 3.05 bits per heavy atom. The van der Waals surface area contributed by atoms with E-state index < -0.39 is 0 Å². The van der Waals surface area contributed by atoms with Gasteiger partial charge in [0.15, 0.2) is 0 Å². The predicted octanol–water partition coefficient (Wildman–Crippen LogP) is 0.831. The number of carbonyl (C=O) groups is 1. The minimum atomic E-state index is -0.0610. The lowest BCUT2D eigenvalue weighted by Crippen LogP contribution is -2.45. The summed E-state index contributed by atoms with van der Waals surface area (Å²) < 4.78 is 1.71. The molecular weight excluding hydrogens is 254 g/mol. The second kappa shape index (κ2) is 5.42. The average Bonchev–Trinajstić information content (AvgIpc) is 3.01. The fraction of sp³-hybridized carbons (Fsp3) is 0.357. The first-order valence-electron chi connectivity index (χ1n) is 6.75. The highest BCUT2D eigenvalue weighted by atomic mass is 16.2. The van der Waals surface area contributed by atoms with E-state index in [-0.39, 0.29) is 11.9 Å². The zero-order valence-electron chi connectivity index (χ0n) is 11.1. The Balaban J connectivity index is 1.83. The first-order chi connectivity index (χ1) is 9.74. The molecule has 0 saturated carbocycles. The third kappa shape index (κ3) is 2.55. The average molecular weight is 271 g/mol. The molecule has 2 N–H and O–H groups in total. The van der Waals surface area contributed by atoms with Crippen LogP contribution in [-0.4, -0.2) is 44.7 Å². The van der Waals surface area contributed by atoms with Crippen molar-refractivity contribution in [2.45, 2.75) is 18.9 Å². The van der Waals surface area contributed by atoms with E-state index in [2.05, 4.69) is 10.1 Å². The molecule has 3 rings (SSSR count). The summed E-state index contributed by atoms with van der Waals surface area (Å²) in [6.07, 6.45) is 7.09. The number of likely N-dealkylation sites (tertiary alicyclic amines) is 1. The summed E-state index contributed by atoms with van der Waals surface area (Å²) in [4.78, 5) is 18.4. The molecular formula is C14H17N5O. The summed E-state index contributed by atoms with van der Waals surface area (Å²) in [6, 6.07) is 5.49. The van der Waals surface area contributed by atoms with Crippen molar-refractivity contribution in [1.82, 2.24) is 19.7 Å². The molecule has 1 unspecified atom stereocenters. The highest BCUT2D eigenvalue weighted by Crippen LogP contribution is 2.13. The zero-order valence-corrected chi connectivity index (χ0v) is 11.1. The van der Waals surface area contributed by atoms with Crippen molar-refractivity contribution in [2.75, 3.05) is 13.1 Å². The van der Waals surface area contributed by atoms with E-state index in [0.29, 0.717) is 12.2 Å². The summed E-state index contributed by atoms with van der Waals surface area (Å²) in [5, 5.41) is 4.16. The van der Waals surface area contributed by atoms with Crippen molar-refractivity contribution in [2.24, 2.45) is 5.73 Å². The van der Waals surface area contributed by atoms with Crippen LogP contribution in [-0.2, 0) is 0 Å². The van der Waals surface area contributed by atoms with Crippen molar-refractivity contribution in [3.05, 3.63) is 42.5 Å². The van der Waals surface area contributed by atoms with E-state index in [1.807, 2.05) is 18.3 Å². The van der Waals surface area contributed by atoms with E-state index in [1.54, 1.807) is 28.0 Å². The maximum Gasteiger partial charge on any atom is 0.272 e. The fourth-order valence-electron chi connectivity index (χ4n) is 2.46. The van der Waals surface area contributed by atoms with Crippen LogP contribution in [0.3, 0.4) is 0 Å². The van der Waals surface area contributed by atoms with Crippen LogP contribution in [0.1, 0.15) is 23.3 Å². The maximum absolute atomic E-state index is 12.4. The largest absolute Gasteiger partial charge is 0.336 e. The zero-order chi connectivity index (χ0) is 13.9. The molecule has 2 aromatic rings. The molecule has 20 heavy (non-hydrogen) atoms. The quantitative estimate of drug-likeness (QED) is 0.877. The fourth-order valence-corrected chi connectivity index (χ4v) is 2.46. The van der Waals surface area contributed by atoms with Crippen LogP contribution in [0.15, 0.2) is 36.8 Å². The van der Waals surface area contributed by atoms with Gasteiger partial charge in [-0.15, -0.1) is 0 Å². The predicted molar refractivity (Wildman–Crippen MR) is 74.5 cm³/mol. The van der Waals surface area contributed by atoms with Gasteiger partial charge in [-0.05, 0) is 31.0 Å². The van der Waals surface area contributed by atoms with Crippen LogP contribution in [0.5, 0.6) is 0 Å². The van der Waals surface area contributed by atoms with E-state index >= 15 is 0 Å². The maximum atomic E-state index is 12.4. The molecule has 1 saturated heterocycles. The smallest absolute Gasteiger partial charge is 0.272 e. The molecule has 0 spiro atoms. The van der Waals surface area contributed by atoms with Gasteiger partial charge in [0.25, 0.3) is 5.91 Å². The van der Waals surface area contributed by atoms with Crippen LogP contribution in [0.25, 0.3) is 5.69 Å². The summed E-state index contributed by atoms with van der Waals surface area (Å²) in [7, 11) is 0. The number of hydrogen-bond acceptors (Lipinski definition) is 4. The minimum absolute atomic E-state index is 0.0610. The van der Waals surface area contributed by atoms with Gasteiger partial charge in [-0.1, -0.05) is 0 Å². The van der Waals surface area contributed by atoms with Crippen molar-refractivity contribution in [3.63, 3.8) is 0 Å². The van der Waals surface area contributed by atoms with Crippen molar-refractivity contribution < 1.29 is 4.79 Å². The van der Waals surface area contributed by atoms with E-state index in [1.165, 1.54) is 0 Å². The number of aromatic nitrogens is 3. The molecule has 1 amide bonds. The molecule has 6 heteroatoms. The summed E-state index contributed by atoms with van der Waals surface area (Å²) in [5.41, 5.74) is 7.19. The van der Waals surface area contributed by atoms with Gasteiger partial charge in [-0.25, -0.2) is 4.68 Å². The SMILES string of the molecule is NC1CCCN(C(=O)c2cc(-n3cccn3)ccn2)C1. The van der Waals surface area contributed by atoms with Gasteiger partial charge in [0.2, 0.25) is 0 Å². The normalized spacial score (nSPS) is 19.1. The van der Waals surface area contributed by atoms with E-state index in [4.69, 9.17) is 5.73 Å². The minimum Gasteiger partial charge on any atom is -0.336 e. The Morgan fingerprint density at radius 2 is 2.30 bits per heavy atom. The molecule has 1 atom stereocenters. The third-order valence-electron chi connectivity index (χ3n) is 3.48. The highest BCUT2D eigenvalue weighted by Gasteiger charge is 2.23. The number of rotatable bonds is 2. The Morgan fingerprint density at radius 1 is 1.40 bits per heavy atom. The Bertz CT molecular complexity index is 595. The van der Waals surface area contributed by atoms with E-state index in [9.17, 15) is 4.79 Å². The number of nitrogens with two attached hydrogens (primary N) is 1. The summed E-state index contributed by atoms with van der Waals surface area (Å²) in [5.74, 6) is -0.0610. The standard InChI is InChI=1S/C14H17N5O/c15-11-3-1-7-18(10-11)14(20)13-9-12(4-6-16-13)19-8-2-5-17-19/h2,4-6,8-9,11H,1,3,7,10,15H2. The molecule has 6 nitrogen and oxygen atoms in total. The van der Waals surface area contributed by atoms with Crippen LogP contribution < -0.4 is 5.73 Å².